The average molecular weight is 1060 g/mol. The van der Waals surface area contributed by atoms with Crippen molar-refractivity contribution in [3.63, 3.8) is 0 Å². The summed E-state index contributed by atoms with van der Waals surface area (Å²) in [6.45, 7) is 3.68. The molecule has 0 heterocycles. The molecule has 1 nitrogen and oxygen atoms in total. The molecule has 0 N–H and O–H groups in total. The first-order chi connectivity index (χ1) is 30.1. The molecule has 0 bridgehead atoms. The van der Waals surface area contributed by atoms with Crippen molar-refractivity contribution < 1.29 is 114 Å². The maximum Gasteiger partial charge on any atom is 0.359 e. The van der Waals surface area contributed by atoms with E-state index >= 15 is 35.1 Å². The van der Waals surface area contributed by atoms with E-state index in [9.17, 15) is 52.7 Å². The van der Waals surface area contributed by atoms with Gasteiger partial charge in [0.1, 0.15) is 52.7 Å². The number of hydrogen-bond acceptors (Lipinski definition) is 2. The topological polar surface area (TPSA) is 9.23 Å². The highest BCUT2D eigenvalue weighted by Gasteiger charge is 2.52. The lowest BCUT2D eigenvalue weighted by atomic mass is 9.12. The van der Waals surface area contributed by atoms with Crippen molar-refractivity contribution in [2.75, 3.05) is 19.0 Å². The van der Waals surface area contributed by atoms with E-state index in [4.69, 9.17) is 4.74 Å². The predicted molar refractivity (Wildman–Crippen MR) is 187 cm³/mol. The molecule has 0 amide bonds. The Kier molecular flexibility index (Phi) is 15.7. The van der Waals surface area contributed by atoms with Gasteiger partial charge in [-0.3, -0.25) is 0 Å². The van der Waals surface area contributed by atoms with E-state index in [1.807, 2.05) is 18.7 Å². The fraction of sp³-hybridized carbons (Fsp3) is 0.100. The van der Waals surface area contributed by atoms with Crippen molar-refractivity contribution in [3.8, 4) is 0 Å². The zero-order chi connectivity index (χ0) is 47.7. The number of benzene rings is 6. The minimum atomic E-state index is -7.22. The summed E-state index contributed by atoms with van der Waals surface area (Å²) in [7, 11) is 0. The van der Waals surface area contributed by atoms with Crippen molar-refractivity contribution in [2.45, 2.75) is 11.8 Å². The molecule has 0 fully saturated rings. The van der Waals surface area contributed by atoms with Gasteiger partial charge in [0.05, 0.1) is 11.5 Å². The number of rotatable bonds is 11. The molecule has 24 heteroatoms. The second kappa shape index (κ2) is 20.0. The Morgan fingerprint density at radius 1 is 0.391 bits per heavy atom. The molecule has 0 aromatic heterocycles. The van der Waals surface area contributed by atoms with Gasteiger partial charge in [-0.05, 0) is 31.2 Å². The molecule has 6 aromatic rings. The SMILES string of the molecule is CCOCCSc1ccccc1[I+]c1ccccc1.Fc1c(F)c(F)c([B-](c2c(F)c(F)c(F)c(F)c2F)(c2c(F)c(F)c(F)c(F)c2F)c2c(F)c(F)c(F)c(F)c2F)c(F)c1F. The molecule has 0 aliphatic rings. The fourth-order valence-corrected chi connectivity index (χ4v) is 10.3. The molecule has 6 rings (SSSR count). The zero-order valence-corrected chi connectivity index (χ0v) is 34.1. The first kappa shape index (κ1) is 50.0. The van der Waals surface area contributed by atoms with Crippen molar-refractivity contribution in [1.29, 1.82) is 0 Å². The maximum atomic E-state index is 15.4. The molecular formula is C40H18BF20IOS. The molecule has 0 radical (unpaired) electrons. The third-order valence-corrected chi connectivity index (χ3v) is 13.4. The summed E-state index contributed by atoms with van der Waals surface area (Å²) in [5, 5.41) is 0. The van der Waals surface area contributed by atoms with Gasteiger partial charge in [-0.1, -0.05) is 30.3 Å². The quantitative estimate of drug-likeness (QED) is 0.0269. The molecule has 6 aromatic carbocycles. The Morgan fingerprint density at radius 2 is 0.672 bits per heavy atom. The van der Waals surface area contributed by atoms with Crippen molar-refractivity contribution in [2.24, 2.45) is 0 Å². The molecule has 0 saturated heterocycles. The summed E-state index contributed by atoms with van der Waals surface area (Å²) in [5.41, 5.74) is -14.3. The molecular weight excluding hydrogens is 1050 g/mol. The summed E-state index contributed by atoms with van der Waals surface area (Å²) in [6.07, 6.45) is -7.22. The van der Waals surface area contributed by atoms with Crippen LogP contribution in [0, 0.1) is 123 Å². The van der Waals surface area contributed by atoms with Crippen LogP contribution in [0.5, 0.6) is 0 Å². The van der Waals surface area contributed by atoms with E-state index in [1.54, 1.807) is 0 Å². The van der Waals surface area contributed by atoms with Crippen LogP contribution in [0.25, 0.3) is 0 Å². The van der Waals surface area contributed by atoms with E-state index < -0.39 is 144 Å². The molecule has 0 aliphatic heterocycles. The maximum absolute atomic E-state index is 15.4. The minimum absolute atomic E-state index is 0.0807. The van der Waals surface area contributed by atoms with Crippen molar-refractivity contribution >= 4 is 39.8 Å². The Bertz CT molecular complexity index is 2380. The van der Waals surface area contributed by atoms with Gasteiger partial charge in [0, 0.05) is 12.4 Å². The van der Waals surface area contributed by atoms with Gasteiger partial charge in [0.15, 0.2) is 73.4 Å². The van der Waals surface area contributed by atoms with Crippen LogP contribution in [0.4, 0.5) is 87.8 Å². The summed E-state index contributed by atoms with van der Waals surface area (Å²) < 4.78 is 302. The number of hydrogen-bond donors (Lipinski definition) is 0. The van der Waals surface area contributed by atoms with E-state index in [0.717, 1.165) is 19.0 Å². The Hall–Kier alpha value is -4.98. The number of ether oxygens (including phenoxy) is 1. The lowest BCUT2D eigenvalue weighted by Crippen LogP contribution is -3.61. The van der Waals surface area contributed by atoms with Gasteiger partial charge in [0.25, 0.3) is 0 Å². The van der Waals surface area contributed by atoms with Crippen LogP contribution in [-0.2, 0) is 4.74 Å². The van der Waals surface area contributed by atoms with E-state index in [1.165, 1.54) is 12.0 Å². The summed E-state index contributed by atoms with van der Waals surface area (Å²) in [5.74, 6) is -70.4. The standard InChI is InChI=1S/C24BF20.C16H18IOS/c26-5-1(6(27)14(35)21(42)13(5)34)25(2-7(28)15(36)22(43)16(37)8(2)29,3-9(30)17(38)23(44)18(39)10(3)31)4-11(32)19(40)24(45)20(41)12(4)33;1-2-18-12-13-19-16-11-7-6-10-15(16)17-14-8-4-3-5-9-14/h;3-11H,2,12-13H2,1H3/q-1;+1. The normalized spacial score (nSPS) is 11.6. The van der Waals surface area contributed by atoms with Crippen LogP contribution in [-0.4, -0.2) is 25.1 Å². The molecule has 64 heavy (non-hydrogen) atoms. The minimum Gasteiger partial charge on any atom is -0.381 e. The number of halogens is 21. The van der Waals surface area contributed by atoms with Crippen LogP contribution in [0.15, 0.2) is 59.5 Å². The monoisotopic (exact) mass is 1060 g/mol. The predicted octanol–water partition coefficient (Wildman–Crippen LogP) is 6.79. The largest absolute Gasteiger partial charge is 0.381 e. The molecule has 0 unspecified atom stereocenters. The lowest BCUT2D eigenvalue weighted by Gasteiger charge is -2.44. The Morgan fingerprint density at radius 3 is 0.984 bits per heavy atom. The van der Waals surface area contributed by atoms with Crippen LogP contribution in [0.2, 0.25) is 0 Å². The van der Waals surface area contributed by atoms with Gasteiger partial charge >= 0.3 is 21.2 Å². The van der Waals surface area contributed by atoms with Crippen LogP contribution in [0.1, 0.15) is 6.92 Å². The van der Waals surface area contributed by atoms with E-state index in [-0.39, 0.29) is 21.2 Å². The van der Waals surface area contributed by atoms with Crippen LogP contribution >= 0.6 is 11.8 Å². The number of thioether (sulfide) groups is 1. The van der Waals surface area contributed by atoms with E-state index in [0.29, 0.717) is 0 Å². The highest BCUT2D eigenvalue weighted by atomic mass is 127. The van der Waals surface area contributed by atoms with Gasteiger partial charge in [-0.2, -0.15) is 0 Å². The first-order valence-electron chi connectivity index (χ1n) is 17.3. The van der Waals surface area contributed by atoms with Crippen molar-refractivity contribution in [3.05, 3.63) is 178 Å². The molecule has 0 atom stereocenters. The average Bonchev–Trinajstić information content (AvgIpc) is 3.28. The van der Waals surface area contributed by atoms with Gasteiger partial charge in [-0.15, -0.1) is 33.6 Å². The lowest BCUT2D eigenvalue weighted by molar-refractivity contribution is -0.601. The van der Waals surface area contributed by atoms with Gasteiger partial charge in [0.2, 0.25) is 3.57 Å². The molecule has 0 aliphatic carbocycles. The third kappa shape index (κ3) is 8.63. The summed E-state index contributed by atoms with van der Waals surface area (Å²) in [4.78, 5) is 1.42. The Balaban J connectivity index is 0.000000337. The summed E-state index contributed by atoms with van der Waals surface area (Å²) >= 11 is 1.83. The van der Waals surface area contributed by atoms with Gasteiger partial charge < -0.3 is 4.74 Å². The molecule has 340 valence electrons. The highest BCUT2D eigenvalue weighted by molar-refractivity contribution is 7.99. The van der Waals surface area contributed by atoms with Crippen LogP contribution in [0.3, 0.4) is 0 Å². The first-order valence-corrected chi connectivity index (χ1v) is 20.5. The van der Waals surface area contributed by atoms with Crippen LogP contribution < -0.4 is 43.1 Å². The molecule has 0 saturated carbocycles. The second-order valence-electron chi connectivity index (χ2n) is 12.7. The van der Waals surface area contributed by atoms with Gasteiger partial charge in [-0.25, -0.2) is 87.8 Å². The van der Waals surface area contributed by atoms with Crippen molar-refractivity contribution in [1.82, 2.24) is 0 Å². The Labute approximate surface area is 361 Å². The second-order valence-corrected chi connectivity index (χ2v) is 16.8. The molecule has 0 spiro atoms. The fourth-order valence-electron chi connectivity index (χ4n) is 6.46. The van der Waals surface area contributed by atoms with E-state index in [2.05, 4.69) is 54.6 Å². The highest BCUT2D eigenvalue weighted by Crippen LogP contribution is 2.31. The smallest absolute Gasteiger partial charge is 0.359 e. The third-order valence-electron chi connectivity index (χ3n) is 9.18. The summed E-state index contributed by atoms with van der Waals surface area (Å²) in [6, 6.07) is 19.6. The zero-order valence-electron chi connectivity index (χ0n) is 31.1.